The van der Waals surface area contributed by atoms with Crippen molar-refractivity contribution in [1.29, 1.82) is 0 Å². The van der Waals surface area contributed by atoms with E-state index in [9.17, 15) is 4.79 Å². The first-order valence-corrected chi connectivity index (χ1v) is 8.30. The van der Waals surface area contributed by atoms with Crippen LogP contribution in [0.25, 0.3) is 5.65 Å². The lowest BCUT2D eigenvalue weighted by Crippen LogP contribution is -2.34. The highest BCUT2D eigenvalue weighted by atomic mass is 16.1. The number of unbranched alkanes of at least 4 members (excludes halogenated alkanes) is 2. The van der Waals surface area contributed by atoms with Gasteiger partial charge in [-0.15, -0.1) is 10.2 Å². The molecule has 128 valence electrons. The van der Waals surface area contributed by atoms with E-state index in [0.717, 1.165) is 42.8 Å². The van der Waals surface area contributed by atoms with Crippen LogP contribution in [0.1, 0.15) is 70.9 Å². The molecule has 0 aliphatic carbocycles. The number of nitrogens with zero attached hydrogens (tertiary/aromatic N) is 3. The number of nitrogens with two attached hydrogens (primary N) is 1. The van der Waals surface area contributed by atoms with Crippen LogP contribution in [0.3, 0.4) is 0 Å². The Morgan fingerprint density at radius 3 is 2.74 bits per heavy atom. The fourth-order valence-corrected chi connectivity index (χ4v) is 2.53. The second kappa shape index (κ2) is 7.12. The Hall–Kier alpha value is -1.89. The summed E-state index contributed by atoms with van der Waals surface area (Å²) in [6, 6.07) is 1.82. The summed E-state index contributed by atoms with van der Waals surface area (Å²) < 4.78 is 1.87. The number of carbonyl (C=O) groups is 1. The average Bonchev–Trinajstić information content (AvgIpc) is 3.06. The molecule has 0 saturated carbocycles. The molecule has 2 heterocycles. The molecule has 2 rings (SSSR count). The number of amides is 1. The van der Waals surface area contributed by atoms with E-state index >= 15 is 0 Å². The lowest BCUT2D eigenvalue weighted by molar-refractivity contribution is -0.120. The summed E-state index contributed by atoms with van der Waals surface area (Å²) in [6.45, 7) is 8.55. The molecule has 4 N–H and O–H groups in total. The maximum absolute atomic E-state index is 11.7. The zero-order chi connectivity index (χ0) is 17.0. The van der Waals surface area contributed by atoms with Crippen LogP contribution in [0.4, 0.5) is 0 Å². The minimum Gasteiger partial charge on any atom is -0.345 e. The molecule has 2 aromatic heterocycles. The molecule has 0 aliphatic heterocycles. The number of fused-ring (bicyclic) bond motifs is 1. The van der Waals surface area contributed by atoms with Crippen molar-refractivity contribution in [1.82, 2.24) is 25.1 Å². The lowest BCUT2D eigenvalue weighted by Gasteiger charge is -2.17. The summed E-state index contributed by atoms with van der Waals surface area (Å²) in [6.07, 6.45) is 4.09. The topological polar surface area (TPSA) is 101 Å². The molecule has 0 saturated heterocycles. The molecule has 0 radical (unpaired) electrons. The van der Waals surface area contributed by atoms with Gasteiger partial charge in [-0.05, 0) is 6.42 Å². The summed E-state index contributed by atoms with van der Waals surface area (Å²) >= 11 is 0. The number of hydrogen-bond acceptors (Lipinski definition) is 4. The molecule has 1 amide bonds. The van der Waals surface area contributed by atoms with E-state index in [2.05, 4.69) is 48.3 Å². The van der Waals surface area contributed by atoms with Gasteiger partial charge in [-0.25, -0.2) is 4.52 Å². The molecule has 7 nitrogen and oxygen atoms in total. The Morgan fingerprint density at radius 2 is 2.13 bits per heavy atom. The summed E-state index contributed by atoms with van der Waals surface area (Å²) in [7, 11) is 0. The van der Waals surface area contributed by atoms with Gasteiger partial charge in [0.1, 0.15) is 0 Å². The third-order valence-electron chi connectivity index (χ3n) is 3.96. The maximum atomic E-state index is 11.7. The summed E-state index contributed by atoms with van der Waals surface area (Å²) in [5.41, 5.74) is 7.29. The van der Waals surface area contributed by atoms with Gasteiger partial charge in [0.2, 0.25) is 5.91 Å². The minimum atomic E-state index is -0.181. The number of aromatic amines is 1. The standard InChI is InChI=1S/C16H28N6O/c1-5-6-7-8-11(18-14(23)10-17)15-20-19-13-9-12(16(2,3)4)21-22(13)15/h9,11,21H,5-8,10,17H2,1-4H3,(H,18,23). The third-order valence-corrected chi connectivity index (χ3v) is 3.96. The van der Waals surface area contributed by atoms with E-state index in [0.29, 0.717) is 0 Å². The molecule has 23 heavy (non-hydrogen) atoms. The van der Waals surface area contributed by atoms with Gasteiger partial charge in [0.25, 0.3) is 0 Å². The Bertz CT molecular complexity index is 651. The van der Waals surface area contributed by atoms with Crippen LogP contribution in [0.5, 0.6) is 0 Å². The van der Waals surface area contributed by atoms with E-state index in [-0.39, 0.29) is 23.9 Å². The number of aromatic nitrogens is 4. The van der Waals surface area contributed by atoms with Gasteiger partial charge < -0.3 is 11.1 Å². The summed E-state index contributed by atoms with van der Waals surface area (Å²) in [5.74, 6) is 0.555. The fraction of sp³-hybridized carbons (Fsp3) is 0.688. The highest BCUT2D eigenvalue weighted by Gasteiger charge is 2.23. The van der Waals surface area contributed by atoms with Gasteiger partial charge in [0, 0.05) is 17.2 Å². The Balaban J connectivity index is 2.30. The first-order valence-electron chi connectivity index (χ1n) is 8.30. The van der Waals surface area contributed by atoms with Crippen molar-refractivity contribution in [2.75, 3.05) is 6.54 Å². The van der Waals surface area contributed by atoms with Crippen molar-refractivity contribution in [3.8, 4) is 0 Å². The largest absolute Gasteiger partial charge is 0.345 e. The van der Waals surface area contributed by atoms with Gasteiger partial charge in [-0.1, -0.05) is 47.0 Å². The van der Waals surface area contributed by atoms with Gasteiger partial charge in [-0.2, -0.15) is 0 Å². The van der Waals surface area contributed by atoms with Crippen molar-refractivity contribution in [3.05, 3.63) is 17.6 Å². The molecule has 2 aromatic rings. The highest BCUT2D eigenvalue weighted by molar-refractivity contribution is 5.78. The number of hydrogen-bond donors (Lipinski definition) is 3. The average molecular weight is 320 g/mol. The van der Waals surface area contributed by atoms with E-state index in [1.54, 1.807) is 0 Å². The van der Waals surface area contributed by atoms with E-state index in [1.807, 2.05) is 10.6 Å². The smallest absolute Gasteiger partial charge is 0.234 e. The zero-order valence-electron chi connectivity index (χ0n) is 14.5. The van der Waals surface area contributed by atoms with Crippen molar-refractivity contribution >= 4 is 11.6 Å². The molecule has 1 atom stereocenters. The second-order valence-electron chi connectivity index (χ2n) is 6.99. The van der Waals surface area contributed by atoms with Crippen LogP contribution in [-0.2, 0) is 10.2 Å². The predicted octanol–water partition coefficient (Wildman–Crippen LogP) is 2.05. The summed E-state index contributed by atoms with van der Waals surface area (Å²) in [4.78, 5) is 11.7. The van der Waals surface area contributed by atoms with Crippen molar-refractivity contribution in [2.45, 2.75) is 64.8 Å². The van der Waals surface area contributed by atoms with Crippen LogP contribution >= 0.6 is 0 Å². The molecule has 7 heteroatoms. The lowest BCUT2D eigenvalue weighted by atomic mass is 9.93. The predicted molar refractivity (Wildman–Crippen MR) is 90.1 cm³/mol. The Labute approximate surface area is 137 Å². The van der Waals surface area contributed by atoms with E-state index in [4.69, 9.17) is 5.73 Å². The second-order valence-corrected chi connectivity index (χ2v) is 6.99. The van der Waals surface area contributed by atoms with Crippen molar-refractivity contribution in [3.63, 3.8) is 0 Å². The van der Waals surface area contributed by atoms with Gasteiger partial charge in [0.15, 0.2) is 11.5 Å². The molecular weight excluding hydrogens is 292 g/mol. The molecule has 1 unspecified atom stereocenters. The quantitative estimate of drug-likeness (QED) is 0.680. The number of rotatable bonds is 7. The minimum absolute atomic E-state index is 0.00379. The molecule has 0 bridgehead atoms. The number of carbonyl (C=O) groups excluding carboxylic acids is 1. The van der Waals surface area contributed by atoms with Crippen molar-refractivity contribution < 1.29 is 4.79 Å². The van der Waals surface area contributed by atoms with Crippen molar-refractivity contribution in [2.24, 2.45) is 5.73 Å². The SMILES string of the molecule is CCCCCC(NC(=O)CN)c1nnc2cc(C(C)(C)C)[nH]n12. The molecule has 0 aromatic carbocycles. The fourth-order valence-electron chi connectivity index (χ4n) is 2.53. The molecule has 0 spiro atoms. The highest BCUT2D eigenvalue weighted by Crippen LogP contribution is 2.24. The van der Waals surface area contributed by atoms with E-state index in [1.165, 1.54) is 0 Å². The first kappa shape index (κ1) is 17.5. The molecule has 0 fully saturated rings. The summed E-state index contributed by atoms with van der Waals surface area (Å²) in [5, 5.41) is 14.8. The van der Waals surface area contributed by atoms with Crippen LogP contribution in [-0.4, -0.2) is 32.3 Å². The van der Waals surface area contributed by atoms with Gasteiger partial charge in [-0.3, -0.25) is 9.89 Å². The Kier molecular flexibility index (Phi) is 5.41. The van der Waals surface area contributed by atoms with Gasteiger partial charge >= 0.3 is 0 Å². The maximum Gasteiger partial charge on any atom is 0.234 e. The molecule has 0 aliphatic rings. The molecular formula is C16H28N6O. The third kappa shape index (κ3) is 4.10. The normalized spacial score (nSPS) is 13.4. The monoisotopic (exact) mass is 320 g/mol. The van der Waals surface area contributed by atoms with Crippen LogP contribution in [0.15, 0.2) is 6.07 Å². The number of nitrogens with one attached hydrogen (secondary N) is 2. The van der Waals surface area contributed by atoms with Gasteiger partial charge in [0.05, 0.1) is 12.6 Å². The first-order chi connectivity index (χ1) is 10.9. The van der Waals surface area contributed by atoms with Crippen LogP contribution in [0.2, 0.25) is 0 Å². The van der Waals surface area contributed by atoms with Crippen LogP contribution in [0, 0.1) is 0 Å². The Morgan fingerprint density at radius 1 is 1.39 bits per heavy atom. The van der Waals surface area contributed by atoms with Crippen LogP contribution < -0.4 is 11.1 Å². The zero-order valence-corrected chi connectivity index (χ0v) is 14.5. The van der Waals surface area contributed by atoms with E-state index < -0.39 is 0 Å². The number of H-pyrrole nitrogens is 1.